The molecular weight excluding hydrogens is 349 g/mol. The monoisotopic (exact) mass is 381 g/mol. The van der Waals surface area contributed by atoms with E-state index in [1.807, 2.05) is 0 Å². The number of likely N-dealkylation sites (tertiary alicyclic amines) is 1. The van der Waals surface area contributed by atoms with Gasteiger partial charge in [-0.3, -0.25) is 4.79 Å². The van der Waals surface area contributed by atoms with Crippen molar-refractivity contribution in [2.24, 2.45) is 17.1 Å². The van der Waals surface area contributed by atoms with Crippen LogP contribution in [-0.2, 0) is 9.53 Å². The van der Waals surface area contributed by atoms with Gasteiger partial charge in [0.15, 0.2) is 0 Å². The molecule has 1 atom stereocenters. The van der Waals surface area contributed by atoms with Crippen molar-refractivity contribution in [3.63, 3.8) is 0 Å². The smallest absolute Gasteiger partial charge is 0.227 e. The molecule has 2 aliphatic heterocycles. The normalized spacial score (nSPS) is 27.3. The van der Waals surface area contributed by atoms with Gasteiger partial charge in [0.1, 0.15) is 0 Å². The highest BCUT2D eigenvalue weighted by molar-refractivity contribution is 5.85. The second kappa shape index (κ2) is 10.2. The van der Waals surface area contributed by atoms with Gasteiger partial charge >= 0.3 is 0 Å². The van der Waals surface area contributed by atoms with Gasteiger partial charge in [0, 0.05) is 45.4 Å². The summed E-state index contributed by atoms with van der Waals surface area (Å²) in [5, 5.41) is 3.28. The maximum absolute atomic E-state index is 12.7. The lowest BCUT2D eigenvalue weighted by Gasteiger charge is -2.35. The number of hydrogen-bond donors (Lipinski definition) is 2. The van der Waals surface area contributed by atoms with Crippen LogP contribution in [0.15, 0.2) is 0 Å². The number of carbonyl (C=O) groups is 1. The minimum atomic E-state index is -0.392. The van der Waals surface area contributed by atoms with Gasteiger partial charge in [0.05, 0.1) is 5.41 Å². The van der Waals surface area contributed by atoms with E-state index < -0.39 is 5.41 Å². The van der Waals surface area contributed by atoms with Crippen molar-refractivity contribution < 1.29 is 9.53 Å². The summed E-state index contributed by atoms with van der Waals surface area (Å²) in [7, 11) is 0. The van der Waals surface area contributed by atoms with Gasteiger partial charge < -0.3 is 20.7 Å². The van der Waals surface area contributed by atoms with Gasteiger partial charge in [-0.1, -0.05) is 12.8 Å². The molecule has 0 aromatic heterocycles. The molecule has 0 aromatic carbocycles. The Morgan fingerprint density at radius 1 is 1.17 bits per heavy atom. The van der Waals surface area contributed by atoms with E-state index in [4.69, 9.17) is 10.5 Å². The maximum Gasteiger partial charge on any atom is 0.227 e. The van der Waals surface area contributed by atoms with Crippen molar-refractivity contribution in [3.8, 4) is 0 Å². The predicted octanol–water partition coefficient (Wildman–Crippen LogP) is 1.97. The number of hydrogen-bond acceptors (Lipinski definition) is 4. The first-order valence-electron chi connectivity index (χ1n) is 9.03. The number of halogens is 2. The van der Waals surface area contributed by atoms with Crippen LogP contribution in [0.25, 0.3) is 0 Å². The van der Waals surface area contributed by atoms with E-state index in [0.717, 1.165) is 38.3 Å². The summed E-state index contributed by atoms with van der Waals surface area (Å²) in [4.78, 5) is 15.2. The number of ether oxygens (including phenoxy) is 1. The van der Waals surface area contributed by atoms with Crippen molar-refractivity contribution in [2.45, 2.75) is 51.0 Å². The first kappa shape index (κ1) is 22.0. The average Bonchev–Trinajstić information content (AvgIpc) is 3.20. The van der Waals surface area contributed by atoms with Crippen molar-refractivity contribution in [3.05, 3.63) is 0 Å². The van der Waals surface area contributed by atoms with Crippen molar-refractivity contribution in [2.75, 3.05) is 39.4 Å². The lowest BCUT2D eigenvalue weighted by molar-refractivity contribution is -0.136. The van der Waals surface area contributed by atoms with E-state index in [1.165, 1.54) is 32.2 Å². The standard InChI is InChI=1S/C17H31N3O2.2ClH/c18-13-17(6-9-22-10-7-17)16(21)19-15-5-8-20(12-15)11-14-3-1-2-4-14;;/h14-15H,1-13,18H2,(H,19,21);2*1H. The fourth-order valence-corrected chi connectivity index (χ4v) is 4.30. The van der Waals surface area contributed by atoms with E-state index in [1.54, 1.807) is 0 Å². The second-order valence-electron chi connectivity index (χ2n) is 7.47. The fourth-order valence-electron chi connectivity index (χ4n) is 4.30. The average molecular weight is 382 g/mol. The summed E-state index contributed by atoms with van der Waals surface area (Å²) < 4.78 is 5.39. The summed E-state index contributed by atoms with van der Waals surface area (Å²) in [6.07, 6.45) is 8.18. The summed E-state index contributed by atoms with van der Waals surface area (Å²) in [5.41, 5.74) is 5.53. The minimum absolute atomic E-state index is 0. The number of amides is 1. The van der Waals surface area contributed by atoms with Crippen LogP contribution in [0.5, 0.6) is 0 Å². The highest BCUT2D eigenvalue weighted by Crippen LogP contribution is 2.30. The van der Waals surface area contributed by atoms with E-state index >= 15 is 0 Å². The molecule has 0 radical (unpaired) electrons. The van der Waals surface area contributed by atoms with E-state index in [2.05, 4.69) is 10.2 Å². The van der Waals surface area contributed by atoms with E-state index in [9.17, 15) is 4.79 Å². The summed E-state index contributed by atoms with van der Waals surface area (Å²) >= 11 is 0. The van der Waals surface area contributed by atoms with Gasteiger partial charge in [-0.25, -0.2) is 0 Å². The van der Waals surface area contributed by atoms with Crippen molar-refractivity contribution >= 4 is 30.7 Å². The Hall–Kier alpha value is -0.0700. The van der Waals surface area contributed by atoms with Crippen LogP contribution < -0.4 is 11.1 Å². The molecule has 0 spiro atoms. The van der Waals surface area contributed by atoms with E-state index in [0.29, 0.717) is 25.8 Å². The Balaban J connectivity index is 0.00000144. The van der Waals surface area contributed by atoms with Crippen LogP contribution in [0, 0.1) is 11.3 Å². The number of nitrogens with zero attached hydrogens (tertiary/aromatic N) is 1. The molecule has 24 heavy (non-hydrogen) atoms. The number of carbonyl (C=O) groups excluding carboxylic acids is 1. The maximum atomic E-state index is 12.7. The Morgan fingerprint density at radius 3 is 2.46 bits per heavy atom. The largest absolute Gasteiger partial charge is 0.381 e. The molecule has 3 fully saturated rings. The van der Waals surface area contributed by atoms with Gasteiger partial charge in [0.2, 0.25) is 5.91 Å². The van der Waals surface area contributed by atoms with Gasteiger partial charge in [-0.2, -0.15) is 0 Å². The molecule has 3 N–H and O–H groups in total. The van der Waals surface area contributed by atoms with Crippen LogP contribution >= 0.6 is 24.8 Å². The predicted molar refractivity (Wildman–Crippen MR) is 101 cm³/mol. The molecule has 0 bridgehead atoms. The quantitative estimate of drug-likeness (QED) is 0.763. The van der Waals surface area contributed by atoms with Crippen LogP contribution in [0.2, 0.25) is 0 Å². The third-order valence-corrected chi connectivity index (χ3v) is 5.92. The Morgan fingerprint density at radius 2 is 1.83 bits per heavy atom. The number of rotatable bonds is 5. The topological polar surface area (TPSA) is 67.6 Å². The van der Waals surface area contributed by atoms with Crippen LogP contribution in [0.3, 0.4) is 0 Å². The molecule has 3 aliphatic rings. The van der Waals surface area contributed by atoms with Gasteiger partial charge in [-0.15, -0.1) is 24.8 Å². The van der Waals surface area contributed by atoms with Crippen LogP contribution in [-0.4, -0.2) is 56.2 Å². The summed E-state index contributed by atoms with van der Waals surface area (Å²) in [6.45, 7) is 5.11. The molecule has 2 heterocycles. The zero-order valence-corrected chi connectivity index (χ0v) is 16.1. The Kier molecular flexibility index (Phi) is 9.31. The number of nitrogens with one attached hydrogen (secondary N) is 1. The minimum Gasteiger partial charge on any atom is -0.381 e. The van der Waals surface area contributed by atoms with Crippen molar-refractivity contribution in [1.82, 2.24) is 10.2 Å². The molecule has 0 aromatic rings. The molecule has 5 nitrogen and oxygen atoms in total. The molecule has 7 heteroatoms. The molecule has 2 saturated heterocycles. The molecule has 1 unspecified atom stereocenters. The molecular formula is C17H33Cl2N3O2. The molecule has 142 valence electrons. The van der Waals surface area contributed by atoms with Gasteiger partial charge in [-0.05, 0) is 38.0 Å². The Bertz CT molecular complexity index is 386. The van der Waals surface area contributed by atoms with Crippen LogP contribution in [0.4, 0.5) is 0 Å². The van der Waals surface area contributed by atoms with E-state index in [-0.39, 0.29) is 30.7 Å². The molecule has 1 aliphatic carbocycles. The molecule has 1 saturated carbocycles. The van der Waals surface area contributed by atoms with Crippen LogP contribution in [0.1, 0.15) is 44.9 Å². The number of nitrogens with two attached hydrogens (primary N) is 1. The third-order valence-electron chi connectivity index (χ3n) is 5.92. The SMILES string of the molecule is Cl.Cl.NCC1(C(=O)NC2CCN(CC3CCCC3)C2)CCOCC1. The second-order valence-corrected chi connectivity index (χ2v) is 7.47. The van der Waals surface area contributed by atoms with Crippen molar-refractivity contribution in [1.29, 1.82) is 0 Å². The summed E-state index contributed by atoms with van der Waals surface area (Å²) in [6, 6.07) is 0.306. The highest BCUT2D eigenvalue weighted by atomic mass is 35.5. The fraction of sp³-hybridized carbons (Fsp3) is 0.941. The molecule has 1 amide bonds. The third kappa shape index (κ3) is 5.21. The lowest BCUT2D eigenvalue weighted by atomic mass is 9.79. The molecule has 3 rings (SSSR count). The Labute approximate surface area is 158 Å². The lowest BCUT2D eigenvalue weighted by Crippen LogP contribution is -2.52. The zero-order valence-electron chi connectivity index (χ0n) is 14.5. The first-order valence-corrected chi connectivity index (χ1v) is 9.03. The van der Waals surface area contributed by atoms with Gasteiger partial charge in [0.25, 0.3) is 0 Å². The summed E-state index contributed by atoms with van der Waals surface area (Å²) in [5.74, 6) is 1.05. The highest BCUT2D eigenvalue weighted by Gasteiger charge is 2.40. The first-order chi connectivity index (χ1) is 10.7. The zero-order chi connectivity index (χ0) is 15.4.